The average molecular weight is 765 g/mol. The average Bonchev–Trinajstić information content (AvgIpc) is 3.43. The van der Waals surface area contributed by atoms with Crippen LogP contribution in [0.4, 0.5) is 0 Å². The maximum absolute atomic E-state index is 14.2. The number of nitrogens with zero attached hydrogens (tertiary/aromatic N) is 2. The molecular weight excluding hydrogens is 692 g/mol. The number of hydrogen-bond donors (Lipinski definition) is 6. The van der Waals surface area contributed by atoms with Crippen molar-refractivity contribution in [2.45, 2.75) is 154 Å². The topological polar surface area (TPSA) is 210 Å². The highest BCUT2D eigenvalue weighted by Gasteiger charge is 2.39. The highest BCUT2D eigenvalue weighted by atomic mass is 16.5. The smallest absolute Gasteiger partial charge is 0.245 e. The zero-order valence-electron chi connectivity index (χ0n) is 33.7. The highest BCUT2D eigenvalue weighted by molar-refractivity contribution is 5.96. The summed E-state index contributed by atoms with van der Waals surface area (Å²) in [4.78, 5) is 73.6. The number of nitrogens with two attached hydrogens (primary N) is 2. The Labute approximate surface area is 323 Å². The SMILES string of the molecule is CCCCCCC1OCC(C)NC(=O)C(COC2CN(CCN)C2)NC(=O)C(CN)NC(=O)C(C2CCCCCC2)NC(=O)C(CCC)N(C)C(=O)C1C. The molecule has 1 saturated carbocycles. The molecule has 2 aliphatic heterocycles. The summed E-state index contributed by atoms with van der Waals surface area (Å²) in [6.45, 7) is 10.2. The lowest BCUT2D eigenvalue weighted by Crippen LogP contribution is -2.62. The van der Waals surface area contributed by atoms with E-state index in [2.05, 4.69) is 33.1 Å². The van der Waals surface area contributed by atoms with E-state index in [1.807, 2.05) is 20.8 Å². The molecule has 2 saturated heterocycles. The van der Waals surface area contributed by atoms with E-state index in [1.54, 1.807) is 7.05 Å². The molecule has 5 amide bonds. The minimum absolute atomic E-state index is 0.0883. The summed E-state index contributed by atoms with van der Waals surface area (Å²) in [5, 5.41) is 11.6. The van der Waals surface area contributed by atoms with Crippen LogP contribution < -0.4 is 32.7 Å². The molecule has 7 atom stereocenters. The molecule has 310 valence electrons. The van der Waals surface area contributed by atoms with Crippen LogP contribution in [0, 0.1) is 11.8 Å². The number of amides is 5. The number of carbonyl (C=O) groups is 5. The lowest BCUT2D eigenvalue weighted by molar-refractivity contribution is -0.147. The number of rotatable bonds is 14. The van der Waals surface area contributed by atoms with E-state index in [0.717, 1.165) is 70.8 Å². The second kappa shape index (κ2) is 23.9. The number of hydrogen-bond acceptors (Lipinski definition) is 10. The van der Waals surface area contributed by atoms with Gasteiger partial charge < -0.3 is 47.1 Å². The number of carbonyl (C=O) groups excluding carboxylic acids is 5. The maximum Gasteiger partial charge on any atom is 0.245 e. The Balaban J connectivity index is 1.96. The van der Waals surface area contributed by atoms with Crippen LogP contribution in [0.3, 0.4) is 0 Å². The van der Waals surface area contributed by atoms with Gasteiger partial charge in [-0.05, 0) is 38.5 Å². The van der Waals surface area contributed by atoms with E-state index >= 15 is 0 Å². The second-order valence-corrected chi connectivity index (χ2v) is 15.8. The van der Waals surface area contributed by atoms with Gasteiger partial charge >= 0.3 is 0 Å². The summed E-state index contributed by atoms with van der Waals surface area (Å²) in [5.74, 6) is -2.96. The molecule has 3 aliphatic rings. The number of ether oxygens (including phenoxy) is 2. The van der Waals surface area contributed by atoms with Gasteiger partial charge in [0.05, 0.1) is 31.3 Å². The van der Waals surface area contributed by atoms with Crippen molar-refractivity contribution < 1.29 is 33.4 Å². The molecular formula is C39H72N8O7. The van der Waals surface area contributed by atoms with E-state index in [0.29, 0.717) is 38.9 Å². The van der Waals surface area contributed by atoms with Crippen LogP contribution in [0.2, 0.25) is 0 Å². The molecule has 0 aromatic carbocycles. The molecule has 0 bridgehead atoms. The van der Waals surface area contributed by atoms with Crippen molar-refractivity contribution >= 4 is 29.5 Å². The zero-order chi connectivity index (χ0) is 39.6. The Morgan fingerprint density at radius 3 is 2.07 bits per heavy atom. The van der Waals surface area contributed by atoms with Crippen LogP contribution in [0.15, 0.2) is 0 Å². The Morgan fingerprint density at radius 2 is 1.44 bits per heavy atom. The normalized spacial score (nSPS) is 29.9. The fraction of sp³-hybridized carbons (Fsp3) is 0.872. The summed E-state index contributed by atoms with van der Waals surface area (Å²) in [5.41, 5.74) is 11.7. The summed E-state index contributed by atoms with van der Waals surface area (Å²) in [6.07, 6.45) is 10.5. The van der Waals surface area contributed by atoms with E-state index in [-0.39, 0.29) is 37.7 Å². The molecule has 54 heavy (non-hydrogen) atoms. The molecule has 3 rings (SSSR count). The molecule has 8 N–H and O–H groups in total. The van der Waals surface area contributed by atoms with Crippen molar-refractivity contribution in [1.29, 1.82) is 0 Å². The minimum Gasteiger partial charge on any atom is -0.375 e. The highest BCUT2D eigenvalue weighted by Crippen LogP contribution is 2.27. The predicted octanol–water partition coefficient (Wildman–Crippen LogP) is 1.17. The van der Waals surface area contributed by atoms with Crippen LogP contribution in [0.25, 0.3) is 0 Å². The van der Waals surface area contributed by atoms with Gasteiger partial charge in [-0.2, -0.15) is 0 Å². The van der Waals surface area contributed by atoms with E-state index in [4.69, 9.17) is 20.9 Å². The van der Waals surface area contributed by atoms with Crippen LogP contribution in [-0.2, 0) is 33.4 Å². The number of likely N-dealkylation sites (N-methyl/N-ethyl adjacent to an activating group) is 1. The number of unbranched alkanes of at least 4 members (excludes halogenated alkanes) is 3. The van der Waals surface area contributed by atoms with Crippen molar-refractivity contribution in [3.05, 3.63) is 0 Å². The van der Waals surface area contributed by atoms with Gasteiger partial charge in [0.25, 0.3) is 0 Å². The fourth-order valence-electron chi connectivity index (χ4n) is 7.78. The molecule has 15 nitrogen and oxygen atoms in total. The van der Waals surface area contributed by atoms with Gasteiger partial charge in [0.15, 0.2) is 0 Å². The van der Waals surface area contributed by atoms with Gasteiger partial charge in [-0.25, -0.2) is 0 Å². The van der Waals surface area contributed by atoms with Gasteiger partial charge in [-0.1, -0.05) is 78.6 Å². The van der Waals surface area contributed by atoms with Crippen molar-refractivity contribution in [3.8, 4) is 0 Å². The Bertz CT molecular complexity index is 1180. The largest absolute Gasteiger partial charge is 0.375 e. The van der Waals surface area contributed by atoms with Crippen molar-refractivity contribution in [2.24, 2.45) is 23.3 Å². The first kappa shape index (κ1) is 45.5. The Kier molecular flexibility index (Phi) is 20.2. The van der Waals surface area contributed by atoms with Gasteiger partial charge in [0, 0.05) is 45.8 Å². The Morgan fingerprint density at radius 1 is 0.778 bits per heavy atom. The van der Waals surface area contributed by atoms with Crippen LogP contribution in [-0.4, -0.2) is 135 Å². The van der Waals surface area contributed by atoms with Crippen molar-refractivity contribution in [3.63, 3.8) is 0 Å². The Hall–Kier alpha value is -2.85. The zero-order valence-corrected chi connectivity index (χ0v) is 33.7. The van der Waals surface area contributed by atoms with Crippen LogP contribution in [0.1, 0.15) is 111 Å². The second-order valence-electron chi connectivity index (χ2n) is 15.8. The fourth-order valence-corrected chi connectivity index (χ4v) is 7.78. The molecule has 7 unspecified atom stereocenters. The van der Waals surface area contributed by atoms with Gasteiger partial charge in [0.2, 0.25) is 29.5 Å². The quantitative estimate of drug-likeness (QED) is 0.110. The van der Waals surface area contributed by atoms with Crippen molar-refractivity contribution in [1.82, 2.24) is 31.1 Å². The minimum atomic E-state index is -1.17. The summed E-state index contributed by atoms with van der Waals surface area (Å²) in [7, 11) is 1.65. The molecule has 0 aromatic heterocycles. The first-order valence-electron chi connectivity index (χ1n) is 20.8. The van der Waals surface area contributed by atoms with Crippen molar-refractivity contribution in [2.75, 3.05) is 53.0 Å². The summed E-state index contributed by atoms with van der Waals surface area (Å²) in [6, 6.07) is -4.46. The predicted molar refractivity (Wildman–Crippen MR) is 208 cm³/mol. The monoisotopic (exact) mass is 765 g/mol. The molecule has 0 radical (unpaired) electrons. The lowest BCUT2D eigenvalue weighted by atomic mass is 9.90. The third-order valence-corrected chi connectivity index (χ3v) is 11.2. The van der Waals surface area contributed by atoms with Gasteiger partial charge in [-0.15, -0.1) is 0 Å². The molecule has 3 fully saturated rings. The van der Waals surface area contributed by atoms with E-state index < -0.39 is 65.9 Å². The third-order valence-electron chi connectivity index (χ3n) is 11.2. The van der Waals surface area contributed by atoms with Crippen LogP contribution >= 0.6 is 0 Å². The molecule has 0 aromatic rings. The third kappa shape index (κ3) is 14.0. The maximum atomic E-state index is 14.2. The summed E-state index contributed by atoms with van der Waals surface area (Å²) >= 11 is 0. The molecule has 15 heteroatoms. The van der Waals surface area contributed by atoms with Crippen LogP contribution in [0.5, 0.6) is 0 Å². The van der Waals surface area contributed by atoms with Gasteiger partial charge in [0.1, 0.15) is 24.2 Å². The van der Waals surface area contributed by atoms with Gasteiger partial charge in [-0.3, -0.25) is 28.9 Å². The van der Waals surface area contributed by atoms with E-state index in [1.165, 1.54) is 4.90 Å². The lowest BCUT2D eigenvalue weighted by Gasteiger charge is -2.39. The number of nitrogens with one attached hydrogen (secondary N) is 4. The molecule has 0 spiro atoms. The first-order chi connectivity index (χ1) is 25.9. The molecule has 2 heterocycles. The standard InChI is InChI=1S/C39H72N8O7/c1-6-8-9-14-18-33-27(4)39(52)46(5)32(15-7-2)37(50)45-34(28-16-12-10-11-13-17-28)38(51)43-30(21-41)35(48)44-31(36(49)42-26(3)24-54-33)25-53-29-22-47(23-29)20-19-40/h26-34H,6-25,40-41H2,1-5H3,(H,42,49)(H,43,51)(H,44,48)(H,45,50). The summed E-state index contributed by atoms with van der Waals surface area (Å²) < 4.78 is 12.5. The number of likely N-dealkylation sites (tertiary alicyclic amines) is 1. The van der Waals surface area contributed by atoms with E-state index in [9.17, 15) is 24.0 Å². The molecule has 1 aliphatic carbocycles. The first-order valence-corrected chi connectivity index (χ1v) is 20.8.